The fraction of sp³-hybridized carbons (Fsp3) is 0.357. The minimum absolute atomic E-state index is 0.0445. The lowest BCUT2D eigenvalue weighted by Crippen LogP contribution is -2.47. The lowest BCUT2D eigenvalue weighted by atomic mass is 10.2. The van der Waals surface area contributed by atoms with E-state index in [-0.39, 0.29) is 5.91 Å². The summed E-state index contributed by atoms with van der Waals surface area (Å²) in [6.45, 7) is 11.4. The maximum Gasteiger partial charge on any atom is 0.246 e. The minimum atomic E-state index is -0.0445. The molecule has 0 saturated carbocycles. The van der Waals surface area contributed by atoms with Crippen molar-refractivity contribution >= 4 is 12.6 Å². The summed E-state index contributed by atoms with van der Waals surface area (Å²) in [4.78, 5) is 19.2. The predicted octanol–water partition coefficient (Wildman–Crippen LogP) is 1.33. The Hall–Kier alpha value is -2.35. The van der Waals surface area contributed by atoms with Crippen LogP contribution in [0.15, 0.2) is 41.2 Å². The van der Waals surface area contributed by atoms with Gasteiger partial charge in [-0.2, -0.15) is 5.26 Å². The Bertz CT molecular complexity index is 462. The molecule has 1 saturated heterocycles. The average molecular weight is 258 g/mol. The smallest absolute Gasteiger partial charge is 0.246 e. The molecule has 1 heterocycles. The number of piperazine rings is 1. The van der Waals surface area contributed by atoms with Crippen LogP contribution in [-0.4, -0.2) is 48.6 Å². The number of amides is 1. The minimum Gasteiger partial charge on any atom is -0.353 e. The van der Waals surface area contributed by atoms with Crippen LogP contribution >= 0.6 is 0 Å². The number of hydrogen-bond donors (Lipinski definition) is 0. The molecule has 5 heteroatoms. The van der Waals surface area contributed by atoms with Crippen molar-refractivity contribution in [3.05, 3.63) is 36.2 Å². The van der Waals surface area contributed by atoms with E-state index in [1.807, 2.05) is 11.0 Å². The van der Waals surface area contributed by atoms with Gasteiger partial charge in [0, 0.05) is 31.8 Å². The summed E-state index contributed by atoms with van der Waals surface area (Å²) in [6, 6.07) is 2.05. The van der Waals surface area contributed by atoms with Crippen molar-refractivity contribution in [2.24, 2.45) is 4.99 Å². The van der Waals surface area contributed by atoms with E-state index in [1.165, 1.54) is 6.08 Å². The van der Waals surface area contributed by atoms with Gasteiger partial charge >= 0.3 is 0 Å². The van der Waals surface area contributed by atoms with Crippen molar-refractivity contribution in [3.63, 3.8) is 0 Å². The fourth-order valence-electron chi connectivity index (χ4n) is 1.78. The third-order valence-corrected chi connectivity index (χ3v) is 2.91. The van der Waals surface area contributed by atoms with Gasteiger partial charge in [0.25, 0.3) is 0 Å². The first-order valence-electron chi connectivity index (χ1n) is 6.04. The molecule has 0 aliphatic carbocycles. The molecule has 1 aliphatic heterocycles. The summed E-state index contributed by atoms with van der Waals surface area (Å²) < 4.78 is 0. The van der Waals surface area contributed by atoms with Crippen molar-refractivity contribution in [3.8, 4) is 6.07 Å². The van der Waals surface area contributed by atoms with Gasteiger partial charge in [0.2, 0.25) is 5.91 Å². The summed E-state index contributed by atoms with van der Waals surface area (Å²) in [7, 11) is 0. The molecule has 5 nitrogen and oxygen atoms in total. The van der Waals surface area contributed by atoms with Crippen molar-refractivity contribution < 1.29 is 4.79 Å². The number of aliphatic imine (C=N–C) groups is 1. The summed E-state index contributed by atoms with van der Waals surface area (Å²) in [5.41, 5.74) is 0.613. The zero-order valence-electron chi connectivity index (χ0n) is 11.2. The molecule has 1 fully saturated rings. The number of carbonyl (C=O) groups is 1. The Morgan fingerprint density at radius 3 is 2.32 bits per heavy atom. The second-order valence-corrected chi connectivity index (χ2v) is 4.16. The molecule has 0 aromatic heterocycles. The maximum absolute atomic E-state index is 11.5. The van der Waals surface area contributed by atoms with Gasteiger partial charge in [-0.15, -0.1) is 0 Å². The monoisotopic (exact) mass is 258 g/mol. The summed E-state index contributed by atoms with van der Waals surface area (Å²) in [5, 5.41) is 8.69. The van der Waals surface area contributed by atoms with Gasteiger partial charge in [-0.1, -0.05) is 6.58 Å². The van der Waals surface area contributed by atoms with Crippen LogP contribution in [0.5, 0.6) is 0 Å². The molecule has 1 amide bonds. The van der Waals surface area contributed by atoms with E-state index in [1.54, 1.807) is 24.0 Å². The predicted molar refractivity (Wildman–Crippen MR) is 75.4 cm³/mol. The zero-order valence-corrected chi connectivity index (χ0v) is 11.2. The Balaban J connectivity index is 2.67. The molecule has 0 aromatic rings. The number of allylic oxidation sites excluding steroid dienone is 3. The van der Waals surface area contributed by atoms with Gasteiger partial charge in [-0.25, -0.2) is 4.99 Å². The molecule has 0 spiro atoms. The molecule has 0 unspecified atom stereocenters. The first-order chi connectivity index (χ1) is 9.12. The number of rotatable bonds is 4. The quantitative estimate of drug-likeness (QED) is 0.331. The highest BCUT2D eigenvalue weighted by Crippen LogP contribution is 2.11. The molecule has 0 atom stereocenters. The maximum atomic E-state index is 11.5. The fourth-order valence-corrected chi connectivity index (χ4v) is 1.78. The lowest BCUT2D eigenvalue weighted by molar-refractivity contribution is -0.127. The van der Waals surface area contributed by atoms with Gasteiger partial charge in [0.1, 0.15) is 5.82 Å². The van der Waals surface area contributed by atoms with Gasteiger partial charge in [0.05, 0.1) is 6.07 Å². The number of hydrogen-bond acceptors (Lipinski definition) is 4. The van der Waals surface area contributed by atoms with E-state index < -0.39 is 0 Å². The van der Waals surface area contributed by atoms with Crippen molar-refractivity contribution in [2.45, 2.75) is 6.92 Å². The Morgan fingerprint density at radius 1 is 1.26 bits per heavy atom. The Kier molecular flexibility index (Phi) is 5.55. The third kappa shape index (κ3) is 4.11. The molecule has 0 radical (unpaired) electrons. The van der Waals surface area contributed by atoms with E-state index in [9.17, 15) is 4.79 Å². The Labute approximate surface area is 113 Å². The van der Waals surface area contributed by atoms with Crippen LogP contribution < -0.4 is 0 Å². The van der Waals surface area contributed by atoms with E-state index in [2.05, 4.69) is 18.3 Å². The van der Waals surface area contributed by atoms with Crippen LogP contribution in [0.4, 0.5) is 0 Å². The van der Waals surface area contributed by atoms with E-state index in [0.29, 0.717) is 31.8 Å². The van der Waals surface area contributed by atoms with Gasteiger partial charge < -0.3 is 9.80 Å². The molecular formula is C14H18N4O. The second kappa shape index (κ2) is 7.17. The number of carbonyl (C=O) groups excluding carboxylic acids is 1. The standard InChI is InChI=1S/C14H18N4O/c1-4-14(19)18-9-7-17(8-10-18)13(16-3)6-5-12(2)11-15/h4-6H,1,3,7-10H2,2H3/b12-5+,13-6+. The van der Waals surface area contributed by atoms with Crippen LogP contribution in [-0.2, 0) is 4.79 Å². The number of nitrogens with zero attached hydrogens (tertiary/aromatic N) is 4. The van der Waals surface area contributed by atoms with Crippen molar-refractivity contribution in [1.82, 2.24) is 9.80 Å². The molecule has 100 valence electrons. The highest BCUT2D eigenvalue weighted by molar-refractivity contribution is 5.87. The first kappa shape index (κ1) is 14.7. The highest BCUT2D eigenvalue weighted by atomic mass is 16.2. The molecular weight excluding hydrogens is 240 g/mol. The van der Waals surface area contributed by atoms with Crippen molar-refractivity contribution in [2.75, 3.05) is 26.2 Å². The normalized spacial score (nSPS) is 16.8. The second-order valence-electron chi connectivity index (χ2n) is 4.16. The van der Waals surface area contributed by atoms with Gasteiger partial charge in [0.15, 0.2) is 0 Å². The van der Waals surface area contributed by atoms with Crippen molar-refractivity contribution in [1.29, 1.82) is 5.26 Å². The largest absolute Gasteiger partial charge is 0.353 e. The topological polar surface area (TPSA) is 59.7 Å². The summed E-state index contributed by atoms with van der Waals surface area (Å²) >= 11 is 0. The molecule has 0 N–H and O–H groups in total. The van der Waals surface area contributed by atoms with Gasteiger partial charge in [-0.05, 0) is 31.9 Å². The highest BCUT2D eigenvalue weighted by Gasteiger charge is 2.20. The van der Waals surface area contributed by atoms with E-state index >= 15 is 0 Å². The number of nitriles is 1. The average Bonchev–Trinajstić information content (AvgIpc) is 2.47. The zero-order chi connectivity index (χ0) is 14.3. The molecule has 0 aromatic carbocycles. The van der Waals surface area contributed by atoms with Crippen LogP contribution in [0.3, 0.4) is 0 Å². The third-order valence-electron chi connectivity index (χ3n) is 2.91. The summed E-state index contributed by atoms with van der Waals surface area (Å²) in [5.74, 6) is 0.678. The molecule has 0 bridgehead atoms. The van der Waals surface area contributed by atoms with Gasteiger partial charge in [-0.3, -0.25) is 4.79 Å². The van der Waals surface area contributed by atoms with Crippen LogP contribution in [0.25, 0.3) is 0 Å². The molecule has 1 aliphatic rings. The Morgan fingerprint density at radius 2 is 1.84 bits per heavy atom. The molecule has 1 rings (SSSR count). The van der Waals surface area contributed by atoms with E-state index in [4.69, 9.17) is 5.26 Å². The van der Waals surface area contributed by atoms with Crippen LogP contribution in [0.2, 0.25) is 0 Å². The molecule has 19 heavy (non-hydrogen) atoms. The SMILES string of the molecule is C=CC(=O)N1CCN(/C(=C/C=C(\C)C#N)N=C)CC1. The first-order valence-corrected chi connectivity index (χ1v) is 6.04. The summed E-state index contributed by atoms with van der Waals surface area (Å²) in [6.07, 6.45) is 4.82. The lowest BCUT2D eigenvalue weighted by Gasteiger charge is -2.35. The van der Waals surface area contributed by atoms with E-state index in [0.717, 1.165) is 5.82 Å². The van der Waals surface area contributed by atoms with Crippen LogP contribution in [0.1, 0.15) is 6.92 Å². The van der Waals surface area contributed by atoms with Crippen LogP contribution in [0, 0.1) is 11.3 Å².